The lowest BCUT2D eigenvalue weighted by Gasteiger charge is -2.09. The van der Waals surface area contributed by atoms with Gasteiger partial charge in [-0.3, -0.25) is 0 Å². The molecule has 0 saturated heterocycles. The second kappa shape index (κ2) is 9.10. The molecular weight excluding hydrogens is 294 g/mol. The minimum Gasteiger partial charge on any atom is -0.369 e. The zero-order valence-corrected chi connectivity index (χ0v) is 12.5. The molecule has 18 heavy (non-hydrogen) atoms. The third-order valence-electron chi connectivity index (χ3n) is 2.75. The molecule has 1 aromatic rings. The Kier molecular flexibility index (Phi) is 7.68. The number of nitrogens with zero attached hydrogens (tertiary/aromatic N) is 2. The molecule has 0 aliphatic carbocycles. The zero-order valence-electron chi connectivity index (χ0n) is 10.9. The number of aromatic nitrogens is 2. The van der Waals surface area contributed by atoms with Crippen LogP contribution in [0.1, 0.15) is 45.4 Å². The van der Waals surface area contributed by atoms with E-state index in [0.29, 0.717) is 5.82 Å². The summed E-state index contributed by atoms with van der Waals surface area (Å²) in [6.07, 6.45) is 9.20. The lowest BCUT2D eigenvalue weighted by Crippen LogP contribution is -2.11. The summed E-state index contributed by atoms with van der Waals surface area (Å²) in [5.41, 5.74) is 2.52. The van der Waals surface area contributed by atoms with E-state index in [1.54, 1.807) is 0 Å². The molecule has 102 valence electrons. The van der Waals surface area contributed by atoms with Crippen molar-refractivity contribution < 1.29 is 0 Å². The maximum atomic E-state index is 5.34. The first kappa shape index (κ1) is 15.2. The van der Waals surface area contributed by atoms with Crippen molar-refractivity contribution in [2.45, 2.75) is 45.4 Å². The van der Waals surface area contributed by atoms with Crippen LogP contribution in [0.3, 0.4) is 0 Å². The van der Waals surface area contributed by atoms with E-state index >= 15 is 0 Å². The average molecular weight is 316 g/mol. The minimum absolute atomic E-state index is 0.593. The lowest BCUT2D eigenvalue weighted by molar-refractivity contribution is 0.616. The molecule has 1 rings (SSSR count). The van der Waals surface area contributed by atoms with Gasteiger partial charge in [0.25, 0.3) is 0 Å². The van der Waals surface area contributed by atoms with Crippen molar-refractivity contribution in [2.75, 3.05) is 17.3 Å². The van der Waals surface area contributed by atoms with Crippen molar-refractivity contribution >= 4 is 27.6 Å². The van der Waals surface area contributed by atoms with Crippen LogP contribution in [0.25, 0.3) is 0 Å². The molecule has 1 aromatic heterocycles. The molecule has 0 fully saturated rings. The minimum atomic E-state index is 0.593. The van der Waals surface area contributed by atoms with Crippen molar-refractivity contribution in [3.63, 3.8) is 0 Å². The molecule has 0 amide bonds. The van der Waals surface area contributed by atoms with Crippen LogP contribution in [-0.2, 0) is 0 Å². The number of nitrogens with two attached hydrogens (primary N) is 1. The Labute approximate surface area is 117 Å². The number of hydrazine groups is 1. The normalized spacial score (nSPS) is 10.4. The molecule has 0 unspecified atom stereocenters. The SMILES string of the molecule is CCCCCCCCNc1ncnc(NN)c1Br. The van der Waals surface area contributed by atoms with Crippen LogP contribution in [0, 0.1) is 0 Å². The Morgan fingerprint density at radius 3 is 2.50 bits per heavy atom. The Morgan fingerprint density at radius 1 is 1.11 bits per heavy atom. The van der Waals surface area contributed by atoms with Crippen molar-refractivity contribution in [2.24, 2.45) is 5.84 Å². The van der Waals surface area contributed by atoms with Crippen LogP contribution in [0.2, 0.25) is 0 Å². The lowest BCUT2D eigenvalue weighted by atomic mass is 10.1. The van der Waals surface area contributed by atoms with Gasteiger partial charge in [-0.1, -0.05) is 39.0 Å². The van der Waals surface area contributed by atoms with Gasteiger partial charge in [0.05, 0.1) is 0 Å². The number of anilines is 2. The number of nitrogens with one attached hydrogen (secondary N) is 2. The Morgan fingerprint density at radius 2 is 1.78 bits per heavy atom. The Bertz CT molecular complexity index is 345. The summed E-state index contributed by atoms with van der Waals surface area (Å²) in [6, 6.07) is 0. The maximum Gasteiger partial charge on any atom is 0.159 e. The number of unbranched alkanes of at least 4 members (excludes halogenated alkanes) is 5. The largest absolute Gasteiger partial charge is 0.369 e. The monoisotopic (exact) mass is 315 g/mol. The van der Waals surface area contributed by atoms with Gasteiger partial charge in [-0.2, -0.15) is 0 Å². The second-order valence-electron chi connectivity index (χ2n) is 4.22. The van der Waals surface area contributed by atoms with Gasteiger partial charge in [-0.05, 0) is 22.4 Å². The molecule has 6 heteroatoms. The fourth-order valence-electron chi connectivity index (χ4n) is 1.71. The predicted octanol–water partition coefficient (Wildman–Crippen LogP) is 3.30. The first-order valence-corrected chi connectivity index (χ1v) is 7.29. The smallest absolute Gasteiger partial charge is 0.159 e. The van der Waals surface area contributed by atoms with Crippen LogP contribution in [0.4, 0.5) is 11.6 Å². The average Bonchev–Trinajstić information content (AvgIpc) is 2.39. The van der Waals surface area contributed by atoms with Crippen LogP contribution < -0.4 is 16.6 Å². The van der Waals surface area contributed by atoms with Gasteiger partial charge < -0.3 is 10.7 Å². The number of nitrogen functional groups attached to an aromatic ring is 1. The molecule has 0 bridgehead atoms. The number of halogens is 1. The van der Waals surface area contributed by atoms with Gasteiger partial charge in [0.1, 0.15) is 16.6 Å². The molecular formula is C12H22BrN5. The molecule has 0 atom stereocenters. The van der Waals surface area contributed by atoms with Gasteiger partial charge in [-0.25, -0.2) is 15.8 Å². The summed E-state index contributed by atoms with van der Waals surface area (Å²) in [5, 5.41) is 3.29. The summed E-state index contributed by atoms with van der Waals surface area (Å²) in [6.45, 7) is 3.16. The summed E-state index contributed by atoms with van der Waals surface area (Å²) in [7, 11) is 0. The second-order valence-corrected chi connectivity index (χ2v) is 5.02. The van der Waals surface area contributed by atoms with E-state index in [9.17, 15) is 0 Å². The summed E-state index contributed by atoms with van der Waals surface area (Å²) in [4.78, 5) is 8.17. The van der Waals surface area contributed by atoms with Crippen LogP contribution in [0.15, 0.2) is 10.8 Å². The van der Waals surface area contributed by atoms with Gasteiger partial charge in [0.15, 0.2) is 5.82 Å². The first-order chi connectivity index (χ1) is 8.79. The Balaban J connectivity index is 2.23. The Hall–Kier alpha value is -0.880. The molecule has 1 heterocycles. The van der Waals surface area contributed by atoms with E-state index in [4.69, 9.17) is 5.84 Å². The van der Waals surface area contributed by atoms with Gasteiger partial charge in [0, 0.05) is 6.54 Å². The zero-order chi connectivity index (χ0) is 13.2. The topological polar surface area (TPSA) is 75.9 Å². The fraction of sp³-hybridized carbons (Fsp3) is 0.667. The molecule has 0 radical (unpaired) electrons. The van der Waals surface area contributed by atoms with Gasteiger partial charge in [0.2, 0.25) is 0 Å². The standard InChI is InChI=1S/C12H22BrN5/c1-2-3-4-5-6-7-8-15-11-10(13)12(18-14)17-9-16-11/h9H,2-8,14H2,1H3,(H2,15,16,17,18). The maximum absolute atomic E-state index is 5.34. The van der Waals surface area contributed by atoms with E-state index in [-0.39, 0.29) is 0 Å². The first-order valence-electron chi connectivity index (χ1n) is 6.50. The molecule has 0 saturated carbocycles. The van der Waals surface area contributed by atoms with Crippen LogP contribution >= 0.6 is 15.9 Å². The molecule has 0 aliphatic rings. The van der Waals surface area contributed by atoms with Crippen molar-refractivity contribution in [1.29, 1.82) is 0 Å². The highest BCUT2D eigenvalue weighted by Crippen LogP contribution is 2.25. The third-order valence-corrected chi connectivity index (χ3v) is 3.50. The summed E-state index contributed by atoms with van der Waals surface area (Å²) in [5.74, 6) is 6.72. The molecule has 0 aliphatic heterocycles. The van der Waals surface area contributed by atoms with E-state index < -0.39 is 0 Å². The van der Waals surface area contributed by atoms with Crippen LogP contribution in [0.5, 0.6) is 0 Å². The van der Waals surface area contributed by atoms with Gasteiger partial charge >= 0.3 is 0 Å². The molecule has 5 nitrogen and oxygen atoms in total. The van der Waals surface area contributed by atoms with Crippen LogP contribution in [-0.4, -0.2) is 16.5 Å². The van der Waals surface area contributed by atoms with Crippen molar-refractivity contribution in [3.05, 3.63) is 10.8 Å². The van der Waals surface area contributed by atoms with E-state index in [1.165, 1.54) is 38.4 Å². The molecule has 0 aromatic carbocycles. The highest BCUT2D eigenvalue weighted by Gasteiger charge is 2.06. The fourth-order valence-corrected chi connectivity index (χ4v) is 2.17. The summed E-state index contributed by atoms with van der Waals surface area (Å²) < 4.78 is 0.776. The highest BCUT2D eigenvalue weighted by molar-refractivity contribution is 9.10. The quantitative estimate of drug-likeness (QED) is 0.370. The highest BCUT2D eigenvalue weighted by atomic mass is 79.9. The number of hydrogen-bond acceptors (Lipinski definition) is 5. The van der Waals surface area contributed by atoms with E-state index in [0.717, 1.165) is 23.3 Å². The van der Waals surface area contributed by atoms with Crippen molar-refractivity contribution in [1.82, 2.24) is 9.97 Å². The van der Waals surface area contributed by atoms with E-state index in [1.807, 2.05) is 0 Å². The molecule has 4 N–H and O–H groups in total. The van der Waals surface area contributed by atoms with E-state index in [2.05, 4.69) is 43.6 Å². The summed E-state index contributed by atoms with van der Waals surface area (Å²) >= 11 is 3.41. The third kappa shape index (κ3) is 5.18. The number of hydrogen-bond donors (Lipinski definition) is 3. The number of rotatable bonds is 9. The van der Waals surface area contributed by atoms with Gasteiger partial charge in [-0.15, -0.1) is 0 Å². The predicted molar refractivity (Wildman–Crippen MR) is 79.4 cm³/mol. The van der Waals surface area contributed by atoms with Crippen molar-refractivity contribution in [3.8, 4) is 0 Å². The molecule has 0 spiro atoms.